The monoisotopic (exact) mass is 323 g/mol. The highest BCUT2D eigenvalue weighted by Crippen LogP contribution is 2.19. The molecular weight excluding hydrogens is 302 g/mol. The molecule has 1 N–H and O–H groups in total. The zero-order chi connectivity index (χ0) is 16.8. The molecule has 3 rings (SSSR count). The number of rotatable bonds is 7. The van der Waals surface area contributed by atoms with Crippen molar-refractivity contribution in [3.8, 4) is 0 Å². The maximum absolute atomic E-state index is 12.0. The van der Waals surface area contributed by atoms with E-state index in [2.05, 4.69) is 11.9 Å². The number of benzene rings is 2. The Morgan fingerprint density at radius 1 is 1.21 bits per heavy atom. The van der Waals surface area contributed by atoms with Crippen LogP contribution in [-0.2, 0) is 22.5 Å². The molecule has 2 aromatic rings. The quantitative estimate of drug-likeness (QED) is 0.793. The Labute approximate surface area is 142 Å². The summed E-state index contributed by atoms with van der Waals surface area (Å²) in [5.41, 5.74) is 3.18. The van der Waals surface area contributed by atoms with E-state index in [0.717, 1.165) is 16.7 Å². The summed E-state index contributed by atoms with van der Waals surface area (Å²) in [6.45, 7) is 4.69. The van der Waals surface area contributed by atoms with E-state index in [4.69, 9.17) is 9.47 Å². The fraction of sp³-hybridized carbons (Fsp3) is 0.250. The first-order valence-electron chi connectivity index (χ1n) is 8.05. The summed E-state index contributed by atoms with van der Waals surface area (Å²) in [4.78, 5) is 12.0. The topological polar surface area (TPSA) is 50.9 Å². The van der Waals surface area contributed by atoms with Crippen LogP contribution >= 0.6 is 0 Å². The fourth-order valence-electron chi connectivity index (χ4n) is 2.52. The summed E-state index contributed by atoms with van der Waals surface area (Å²) >= 11 is 0. The van der Waals surface area contributed by atoms with Crippen LogP contribution in [0.1, 0.15) is 16.7 Å². The van der Waals surface area contributed by atoms with Crippen LogP contribution in [-0.4, -0.2) is 24.8 Å². The standard InChI is InChI=1S/C20H21NO3/c1-2-15-8-10-16(11-9-15)12-18(19-14-23-19)21-20(22)24-13-17-6-4-3-5-7-17/h2-11,18-19H,1,12-14H2,(H,21,22). The van der Waals surface area contributed by atoms with Crippen molar-refractivity contribution in [2.24, 2.45) is 0 Å². The van der Waals surface area contributed by atoms with E-state index in [-0.39, 0.29) is 18.8 Å². The molecular formula is C20H21NO3. The molecule has 24 heavy (non-hydrogen) atoms. The lowest BCUT2D eigenvalue weighted by atomic mass is 10.0. The Bertz CT molecular complexity index is 678. The van der Waals surface area contributed by atoms with Crippen molar-refractivity contribution in [3.05, 3.63) is 77.9 Å². The van der Waals surface area contributed by atoms with Crippen molar-refractivity contribution in [2.75, 3.05) is 6.61 Å². The van der Waals surface area contributed by atoms with E-state index < -0.39 is 6.09 Å². The first-order chi connectivity index (χ1) is 11.7. The van der Waals surface area contributed by atoms with Gasteiger partial charge in [-0.25, -0.2) is 4.79 Å². The smallest absolute Gasteiger partial charge is 0.407 e. The maximum atomic E-state index is 12.0. The number of hydrogen-bond donors (Lipinski definition) is 1. The summed E-state index contributed by atoms with van der Waals surface area (Å²) in [7, 11) is 0. The highest BCUT2D eigenvalue weighted by Gasteiger charge is 2.34. The third-order valence-electron chi connectivity index (χ3n) is 3.99. The van der Waals surface area contributed by atoms with Gasteiger partial charge in [0.1, 0.15) is 12.7 Å². The van der Waals surface area contributed by atoms with Crippen LogP contribution in [0.15, 0.2) is 61.2 Å². The van der Waals surface area contributed by atoms with Crippen LogP contribution in [0.3, 0.4) is 0 Å². The number of carbonyl (C=O) groups is 1. The van der Waals surface area contributed by atoms with Crippen molar-refractivity contribution in [1.82, 2.24) is 5.32 Å². The summed E-state index contributed by atoms with van der Waals surface area (Å²) in [5.74, 6) is 0. The lowest BCUT2D eigenvalue weighted by Gasteiger charge is -2.17. The molecule has 2 unspecified atom stereocenters. The summed E-state index contributed by atoms with van der Waals surface area (Å²) in [5, 5.41) is 2.92. The molecule has 124 valence electrons. The average Bonchev–Trinajstić information content (AvgIpc) is 3.46. The Balaban J connectivity index is 1.53. The Morgan fingerprint density at radius 2 is 1.92 bits per heavy atom. The summed E-state index contributed by atoms with van der Waals surface area (Å²) in [6, 6.07) is 17.7. The second kappa shape index (κ2) is 7.79. The van der Waals surface area contributed by atoms with Crippen molar-refractivity contribution in [2.45, 2.75) is 25.2 Å². The SMILES string of the molecule is C=Cc1ccc(CC(NC(=O)OCc2ccccc2)C2CO2)cc1. The molecule has 0 spiro atoms. The van der Waals surface area contributed by atoms with E-state index in [0.29, 0.717) is 13.0 Å². The van der Waals surface area contributed by atoms with Crippen LogP contribution < -0.4 is 5.32 Å². The van der Waals surface area contributed by atoms with Crippen molar-refractivity contribution in [3.63, 3.8) is 0 Å². The minimum atomic E-state index is -0.415. The van der Waals surface area contributed by atoms with Gasteiger partial charge in [0.2, 0.25) is 0 Å². The number of ether oxygens (including phenoxy) is 2. The zero-order valence-electron chi connectivity index (χ0n) is 13.5. The normalized spacial score (nSPS) is 16.9. The predicted molar refractivity (Wildman–Crippen MR) is 93.5 cm³/mol. The van der Waals surface area contributed by atoms with Crippen LogP contribution in [0.2, 0.25) is 0 Å². The second-order valence-electron chi connectivity index (χ2n) is 5.83. The Kier molecular flexibility index (Phi) is 5.29. The molecule has 4 nitrogen and oxygen atoms in total. The second-order valence-corrected chi connectivity index (χ2v) is 5.83. The van der Waals surface area contributed by atoms with Gasteiger partial charge in [-0.2, -0.15) is 0 Å². The van der Waals surface area contributed by atoms with Gasteiger partial charge in [-0.1, -0.05) is 67.3 Å². The number of alkyl carbamates (subject to hydrolysis) is 1. The molecule has 2 atom stereocenters. The lowest BCUT2D eigenvalue weighted by molar-refractivity contribution is 0.133. The molecule has 0 aliphatic carbocycles. The van der Waals surface area contributed by atoms with Crippen LogP contribution in [0, 0.1) is 0 Å². The van der Waals surface area contributed by atoms with Crippen molar-refractivity contribution < 1.29 is 14.3 Å². The number of carbonyl (C=O) groups excluding carboxylic acids is 1. The number of hydrogen-bond acceptors (Lipinski definition) is 3. The molecule has 1 aliphatic rings. The Hall–Kier alpha value is -2.59. The minimum Gasteiger partial charge on any atom is -0.445 e. The molecule has 1 aliphatic heterocycles. The summed E-state index contributed by atoms with van der Waals surface area (Å²) < 4.78 is 10.7. The van der Waals surface area contributed by atoms with Gasteiger partial charge in [0.15, 0.2) is 0 Å². The van der Waals surface area contributed by atoms with Crippen LogP contribution in [0.4, 0.5) is 4.79 Å². The highest BCUT2D eigenvalue weighted by atomic mass is 16.6. The van der Waals surface area contributed by atoms with Gasteiger partial charge in [-0.15, -0.1) is 0 Å². The lowest BCUT2D eigenvalue weighted by Crippen LogP contribution is -2.40. The predicted octanol–water partition coefficient (Wildman–Crippen LogP) is 3.57. The largest absolute Gasteiger partial charge is 0.445 e. The van der Waals surface area contributed by atoms with E-state index >= 15 is 0 Å². The molecule has 4 heteroatoms. The number of nitrogens with one attached hydrogen (secondary N) is 1. The fourth-order valence-corrected chi connectivity index (χ4v) is 2.52. The maximum Gasteiger partial charge on any atom is 0.407 e. The van der Waals surface area contributed by atoms with E-state index in [1.165, 1.54) is 0 Å². The van der Waals surface area contributed by atoms with Gasteiger partial charge >= 0.3 is 6.09 Å². The molecule has 1 fully saturated rings. The van der Waals surface area contributed by atoms with Gasteiger partial charge in [0.05, 0.1) is 12.6 Å². The van der Waals surface area contributed by atoms with Crippen molar-refractivity contribution >= 4 is 12.2 Å². The zero-order valence-corrected chi connectivity index (χ0v) is 13.5. The molecule has 1 amide bonds. The number of amides is 1. The van der Waals surface area contributed by atoms with Gasteiger partial charge in [-0.3, -0.25) is 0 Å². The average molecular weight is 323 g/mol. The van der Waals surface area contributed by atoms with Gasteiger partial charge < -0.3 is 14.8 Å². The summed E-state index contributed by atoms with van der Waals surface area (Å²) in [6.07, 6.45) is 2.17. The Morgan fingerprint density at radius 3 is 2.54 bits per heavy atom. The molecule has 0 saturated carbocycles. The van der Waals surface area contributed by atoms with Gasteiger partial charge in [-0.05, 0) is 23.1 Å². The van der Waals surface area contributed by atoms with Gasteiger partial charge in [0.25, 0.3) is 0 Å². The molecule has 0 radical (unpaired) electrons. The molecule has 1 heterocycles. The highest BCUT2D eigenvalue weighted by molar-refractivity contribution is 5.67. The van der Waals surface area contributed by atoms with Crippen LogP contribution in [0.25, 0.3) is 6.08 Å². The van der Waals surface area contributed by atoms with E-state index in [1.54, 1.807) is 0 Å². The number of epoxide rings is 1. The molecule has 2 aromatic carbocycles. The first kappa shape index (κ1) is 16.3. The third-order valence-corrected chi connectivity index (χ3v) is 3.99. The van der Waals surface area contributed by atoms with Gasteiger partial charge in [0, 0.05) is 0 Å². The molecule has 1 saturated heterocycles. The first-order valence-corrected chi connectivity index (χ1v) is 8.05. The van der Waals surface area contributed by atoms with Crippen molar-refractivity contribution in [1.29, 1.82) is 0 Å². The molecule has 0 bridgehead atoms. The van der Waals surface area contributed by atoms with E-state index in [9.17, 15) is 4.79 Å². The van der Waals surface area contributed by atoms with Crippen LogP contribution in [0.5, 0.6) is 0 Å². The minimum absolute atomic E-state index is 0.0633. The third kappa shape index (κ3) is 4.70. The van der Waals surface area contributed by atoms with E-state index in [1.807, 2.05) is 60.7 Å². The molecule has 0 aromatic heterocycles.